The Hall–Kier alpha value is -3.08. The molecule has 2 heterocycles. The van der Waals surface area contributed by atoms with E-state index in [4.69, 9.17) is 4.42 Å². The summed E-state index contributed by atoms with van der Waals surface area (Å²) in [5.41, 5.74) is 4.18. The van der Waals surface area contributed by atoms with Crippen LogP contribution in [-0.4, -0.2) is 17.9 Å². The molecule has 5 nitrogen and oxygen atoms in total. The fourth-order valence-corrected chi connectivity index (χ4v) is 3.28. The van der Waals surface area contributed by atoms with Gasteiger partial charge in [-0.2, -0.15) is 0 Å². The zero-order chi connectivity index (χ0) is 18.1. The van der Waals surface area contributed by atoms with Crippen LogP contribution in [0, 0.1) is 0 Å². The van der Waals surface area contributed by atoms with Gasteiger partial charge in [0.1, 0.15) is 6.04 Å². The molecule has 0 saturated carbocycles. The van der Waals surface area contributed by atoms with Crippen LogP contribution in [0.2, 0.25) is 0 Å². The van der Waals surface area contributed by atoms with Crippen LogP contribution in [0.3, 0.4) is 0 Å². The summed E-state index contributed by atoms with van der Waals surface area (Å²) in [5.74, 6) is 1.58. The summed E-state index contributed by atoms with van der Waals surface area (Å²) >= 11 is 0. The molecule has 5 heteroatoms. The molecule has 0 spiro atoms. The minimum absolute atomic E-state index is 0.0616. The summed E-state index contributed by atoms with van der Waals surface area (Å²) in [4.78, 5) is 18.0. The molecule has 1 amide bonds. The number of nitrogens with one attached hydrogen (secondary N) is 1. The van der Waals surface area contributed by atoms with Gasteiger partial charge >= 0.3 is 0 Å². The van der Waals surface area contributed by atoms with Crippen molar-refractivity contribution in [3.8, 4) is 11.3 Å². The molecule has 0 bridgehead atoms. The van der Waals surface area contributed by atoms with Crippen LogP contribution in [0.15, 0.2) is 59.1 Å². The number of fused-ring (bicyclic) bond motifs is 1. The number of oxazole rings is 1. The van der Waals surface area contributed by atoms with Crippen molar-refractivity contribution in [1.29, 1.82) is 0 Å². The Morgan fingerprint density at radius 1 is 1.15 bits per heavy atom. The zero-order valence-corrected chi connectivity index (χ0v) is 14.9. The van der Waals surface area contributed by atoms with E-state index in [9.17, 15) is 4.79 Å². The molecule has 26 heavy (non-hydrogen) atoms. The van der Waals surface area contributed by atoms with E-state index in [1.807, 2.05) is 56.4 Å². The van der Waals surface area contributed by atoms with E-state index in [-0.39, 0.29) is 11.9 Å². The average molecular weight is 347 g/mol. The second-order valence-electron chi connectivity index (χ2n) is 6.59. The lowest BCUT2D eigenvalue weighted by molar-refractivity contribution is -0.118. The smallest absolute Gasteiger partial charge is 0.227 e. The molecule has 132 valence electrons. The maximum atomic E-state index is 11.8. The Bertz CT molecular complexity index is 933. The summed E-state index contributed by atoms with van der Waals surface area (Å²) in [6, 6.07) is 16.0. The first kappa shape index (κ1) is 16.4. The van der Waals surface area contributed by atoms with Gasteiger partial charge in [-0.1, -0.05) is 30.3 Å². The van der Waals surface area contributed by atoms with Crippen molar-refractivity contribution < 1.29 is 9.21 Å². The number of nitrogens with zero attached hydrogens (tertiary/aromatic N) is 2. The second-order valence-corrected chi connectivity index (χ2v) is 6.59. The first-order chi connectivity index (χ1) is 12.6. The maximum absolute atomic E-state index is 11.8. The minimum atomic E-state index is -0.0616. The highest BCUT2D eigenvalue weighted by Crippen LogP contribution is 2.31. The predicted molar refractivity (Wildman–Crippen MR) is 102 cm³/mol. The number of carbonyl (C=O) groups excluding carboxylic acids is 1. The topological polar surface area (TPSA) is 58.4 Å². The van der Waals surface area contributed by atoms with Crippen LogP contribution in [0.1, 0.15) is 30.8 Å². The highest BCUT2D eigenvalue weighted by atomic mass is 16.4. The molecule has 3 aromatic rings. The summed E-state index contributed by atoms with van der Waals surface area (Å²) in [6.07, 6.45) is 3.10. The number of aromatic nitrogens is 1. The van der Waals surface area contributed by atoms with Gasteiger partial charge in [-0.05, 0) is 37.1 Å². The largest absolute Gasteiger partial charge is 0.438 e. The summed E-state index contributed by atoms with van der Waals surface area (Å²) in [6.45, 7) is 2.02. The van der Waals surface area contributed by atoms with Crippen LogP contribution in [0.5, 0.6) is 0 Å². The average Bonchev–Trinajstić information content (AvgIpc) is 3.16. The van der Waals surface area contributed by atoms with Crippen molar-refractivity contribution >= 4 is 17.3 Å². The van der Waals surface area contributed by atoms with Gasteiger partial charge in [-0.15, -0.1) is 0 Å². The molecule has 1 aliphatic heterocycles. The second kappa shape index (κ2) is 6.67. The molecule has 4 rings (SSSR count). The number of carbonyl (C=O) groups is 1. The third kappa shape index (κ3) is 3.08. The molecule has 1 N–H and O–H groups in total. The number of anilines is 2. The van der Waals surface area contributed by atoms with Crippen LogP contribution in [-0.2, 0) is 11.2 Å². The molecule has 0 fully saturated rings. The van der Waals surface area contributed by atoms with Crippen LogP contribution in [0.25, 0.3) is 11.3 Å². The first-order valence-electron chi connectivity index (χ1n) is 8.79. The van der Waals surface area contributed by atoms with E-state index < -0.39 is 0 Å². The van der Waals surface area contributed by atoms with Crippen molar-refractivity contribution in [2.75, 3.05) is 17.3 Å². The Labute approximate surface area is 152 Å². The van der Waals surface area contributed by atoms with E-state index in [1.165, 1.54) is 5.56 Å². The third-order valence-electron chi connectivity index (χ3n) is 4.76. The van der Waals surface area contributed by atoms with Gasteiger partial charge in [-0.25, -0.2) is 4.98 Å². The van der Waals surface area contributed by atoms with Crippen molar-refractivity contribution in [3.63, 3.8) is 0 Å². The Kier molecular flexibility index (Phi) is 4.21. The molecule has 1 atom stereocenters. The molecule has 0 radical (unpaired) electrons. The Morgan fingerprint density at radius 3 is 2.77 bits per heavy atom. The number of benzene rings is 2. The van der Waals surface area contributed by atoms with Gasteiger partial charge in [0.2, 0.25) is 11.8 Å². The van der Waals surface area contributed by atoms with Gasteiger partial charge in [0.05, 0.1) is 6.20 Å². The van der Waals surface area contributed by atoms with Gasteiger partial charge in [-0.3, -0.25) is 4.79 Å². The number of rotatable bonds is 4. The Balaban J connectivity index is 1.51. The highest BCUT2D eigenvalue weighted by Gasteiger charge is 2.21. The number of amides is 1. The Morgan fingerprint density at radius 2 is 1.96 bits per heavy atom. The van der Waals surface area contributed by atoms with Gasteiger partial charge in [0.25, 0.3) is 0 Å². The van der Waals surface area contributed by atoms with Crippen molar-refractivity contribution in [1.82, 2.24) is 4.98 Å². The molecule has 2 aromatic carbocycles. The normalized spacial score (nSPS) is 14.8. The highest BCUT2D eigenvalue weighted by molar-refractivity contribution is 5.96. The minimum Gasteiger partial charge on any atom is -0.438 e. The van der Waals surface area contributed by atoms with E-state index in [1.54, 1.807) is 11.1 Å². The van der Waals surface area contributed by atoms with Crippen molar-refractivity contribution in [2.24, 2.45) is 0 Å². The molecule has 1 unspecified atom stereocenters. The van der Waals surface area contributed by atoms with E-state index >= 15 is 0 Å². The van der Waals surface area contributed by atoms with Crippen LogP contribution >= 0.6 is 0 Å². The van der Waals surface area contributed by atoms with E-state index in [0.717, 1.165) is 29.1 Å². The quantitative estimate of drug-likeness (QED) is 0.759. The number of hydrogen-bond donors (Lipinski definition) is 1. The van der Waals surface area contributed by atoms with Crippen LogP contribution < -0.4 is 10.2 Å². The molecular formula is C21H21N3O2. The standard InChI is InChI=1S/C21H21N3O2/c1-14(21-22-13-19(26-21)15-6-4-3-5-7-15)23-17-9-10-18-16(12-17)8-11-20(25)24(18)2/h3-7,9-10,12-14,23H,8,11H2,1-2H3. The third-order valence-corrected chi connectivity index (χ3v) is 4.76. The van der Waals surface area contributed by atoms with E-state index in [0.29, 0.717) is 12.3 Å². The predicted octanol–water partition coefficient (Wildman–Crippen LogP) is 4.42. The lowest BCUT2D eigenvalue weighted by Crippen LogP contribution is -2.31. The summed E-state index contributed by atoms with van der Waals surface area (Å²) in [5, 5.41) is 3.44. The lowest BCUT2D eigenvalue weighted by atomic mass is 10.0. The zero-order valence-electron chi connectivity index (χ0n) is 14.9. The molecule has 0 aliphatic carbocycles. The van der Waals surface area contributed by atoms with Gasteiger partial charge in [0.15, 0.2) is 5.76 Å². The van der Waals surface area contributed by atoms with E-state index in [2.05, 4.69) is 16.4 Å². The first-order valence-corrected chi connectivity index (χ1v) is 8.79. The van der Waals surface area contributed by atoms with Gasteiger partial charge < -0.3 is 14.6 Å². The molecular weight excluding hydrogens is 326 g/mol. The summed E-state index contributed by atoms with van der Waals surface area (Å²) in [7, 11) is 1.83. The maximum Gasteiger partial charge on any atom is 0.227 e. The fourth-order valence-electron chi connectivity index (χ4n) is 3.28. The molecule has 1 aromatic heterocycles. The number of aryl methyl sites for hydroxylation is 1. The van der Waals surface area contributed by atoms with Crippen molar-refractivity contribution in [3.05, 3.63) is 66.2 Å². The van der Waals surface area contributed by atoms with Crippen molar-refractivity contribution in [2.45, 2.75) is 25.8 Å². The number of hydrogen-bond acceptors (Lipinski definition) is 4. The summed E-state index contributed by atoms with van der Waals surface area (Å²) < 4.78 is 5.92. The lowest BCUT2D eigenvalue weighted by Gasteiger charge is -2.26. The van der Waals surface area contributed by atoms with Gasteiger partial charge in [0, 0.05) is 30.4 Å². The SMILES string of the molecule is CC(Nc1ccc2c(c1)CCC(=O)N2C)c1ncc(-c2ccccc2)o1. The molecule has 1 aliphatic rings. The monoisotopic (exact) mass is 347 g/mol. The molecule has 0 saturated heterocycles. The van der Waals surface area contributed by atoms with Crippen LogP contribution in [0.4, 0.5) is 11.4 Å². The fraction of sp³-hybridized carbons (Fsp3) is 0.238.